The molecular weight excluding hydrogens is 380 g/mol. The van der Waals surface area contributed by atoms with E-state index in [1.54, 1.807) is 25.3 Å². The molecule has 0 unspecified atom stereocenters. The Hall–Kier alpha value is -1.70. The number of methoxy groups -OCH3 is 2. The van der Waals surface area contributed by atoms with Crippen LogP contribution >= 0.6 is 0 Å². The summed E-state index contributed by atoms with van der Waals surface area (Å²) in [5, 5.41) is 3.28. The molecule has 1 aliphatic carbocycles. The molecule has 1 aromatic heterocycles. The van der Waals surface area contributed by atoms with Gasteiger partial charge in [0.05, 0.1) is 0 Å². The summed E-state index contributed by atoms with van der Waals surface area (Å²) in [6.07, 6.45) is 7.53. The van der Waals surface area contributed by atoms with E-state index in [1.165, 1.54) is 0 Å². The molecule has 0 radical (unpaired) electrons. The quantitative estimate of drug-likeness (QED) is 0.655. The fourth-order valence-electron chi connectivity index (χ4n) is 5.14. The Morgan fingerprint density at radius 1 is 1.40 bits per heavy atom. The largest absolute Gasteiger partial charge is 0.353 e. The summed E-state index contributed by atoms with van der Waals surface area (Å²) in [5.41, 5.74) is 1.00. The molecule has 1 saturated heterocycles. The molecular formula is C23H40N4O3. The van der Waals surface area contributed by atoms with E-state index in [4.69, 9.17) is 9.47 Å². The zero-order valence-electron chi connectivity index (χ0n) is 19.0. The molecule has 7 heteroatoms. The molecule has 1 saturated carbocycles. The van der Waals surface area contributed by atoms with Gasteiger partial charge in [0.1, 0.15) is 0 Å². The number of urea groups is 1. The summed E-state index contributed by atoms with van der Waals surface area (Å²) < 4.78 is 11.5. The van der Waals surface area contributed by atoms with Crippen LogP contribution in [0.15, 0.2) is 24.4 Å². The minimum atomic E-state index is -0.482. The van der Waals surface area contributed by atoms with Gasteiger partial charge >= 0.3 is 6.03 Å². The molecule has 2 amide bonds. The second kappa shape index (κ2) is 10.6. The number of likely N-dealkylation sites (tertiary alicyclic amines) is 1. The number of aromatic nitrogens is 1. The fourth-order valence-corrected chi connectivity index (χ4v) is 5.14. The van der Waals surface area contributed by atoms with E-state index < -0.39 is 5.79 Å². The number of rotatable bonds is 8. The van der Waals surface area contributed by atoms with Gasteiger partial charge in [-0.1, -0.05) is 13.0 Å². The number of carbonyl (C=O) groups excluding carboxylic acids is 1. The van der Waals surface area contributed by atoms with E-state index in [2.05, 4.69) is 22.1 Å². The lowest BCUT2D eigenvalue weighted by molar-refractivity contribution is -0.242. The summed E-state index contributed by atoms with van der Waals surface area (Å²) in [5.74, 6) is -0.0205. The number of piperidine rings is 1. The van der Waals surface area contributed by atoms with Gasteiger partial charge < -0.3 is 19.7 Å². The van der Waals surface area contributed by atoms with Crippen LogP contribution in [-0.4, -0.2) is 79.6 Å². The second-order valence-corrected chi connectivity index (χ2v) is 8.76. The molecule has 0 aromatic carbocycles. The monoisotopic (exact) mass is 420 g/mol. The van der Waals surface area contributed by atoms with Gasteiger partial charge in [0.15, 0.2) is 5.79 Å². The fraction of sp³-hybridized carbons (Fsp3) is 0.739. The van der Waals surface area contributed by atoms with Crippen LogP contribution in [0.3, 0.4) is 0 Å². The number of carbonyl (C=O) groups is 1. The van der Waals surface area contributed by atoms with Gasteiger partial charge in [-0.25, -0.2) is 4.79 Å². The van der Waals surface area contributed by atoms with Gasteiger partial charge in [-0.15, -0.1) is 0 Å². The molecule has 0 spiro atoms. The van der Waals surface area contributed by atoms with Gasteiger partial charge in [-0.3, -0.25) is 9.88 Å². The van der Waals surface area contributed by atoms with E-state index in [0.29, 0.717) is 18.5 Å². The Labute approximate surface area is 182 Å². The molecule has 1 aliphatic heterocycles. The number of hydrogen-bond acceptors (Lipinski definition) is 5. The molecule has 7 nitrogen and oxygen atoms in total. The van der Waals surface area contributed by atoms with Crippen molar-refractivity contribution in [3.05, 3.63) is 30.1 Å². The number of hydrogen-bond donors (Lipinski definition) is 1. The number of fused-ring (bicyclic) bond motifs is 1. The number of amides is 2. The van der Waals surface area contributed by atoms with E-state index >= 15 is 0 Å². The Kier molecular flexibility index (Phi) is 8.08. The molecule has 170 valence electrons. The number of pyridine rings is 1. The summed E-state index contributed by atoms with van der Waals surface area (Å²) in [4.78, 5) is 21.5. The Balaban J connectivity index is 0.00000341. The van der Waals surface area contributed by atoms with Crippen molar-refractivity contribution in [2.24, 2.45) is 5.92 Å². The van der Waals surface area contributed by atoms with Crippen LogP contribution in [0.1, 0.15) is 46.1 Å². The third-order valence-electron chi connectivity index (χ3n) is 6.81. The van der Waals surface area contributed by atoms with E-state index in [9.17, 15) is 4.79 Å². The molecule has 1 N–H and O–H groups in total. The molecule has 2 heterocycles. The zero-order valence-corrected chi connectivity index (χ0v) is 19.0. The van der Waals surface area contributed by atoms with Gasteiger partial charge in [0.25, 0.3) is 0 Å². The molecule has 3 rings (SSSR count). The number of likely N-dealkylation sites (N-methyl/N-ethyl adjacent to an activating group) is 1. The predicted octanol–water partition coefficient (Wildman–Crippen LogP) is 3.15. The van der Waals surface area contributed by atoms with E-state index in [1.807, 2.05) is 25.2 Å². The second-order valence-electron chi connectivity index (χ2n) is 8.76. The predicted molar refractivity (Wildman–Crippen MR) is 119 cm³/mol. The van der Waals surface area contributed by atoms with Crippen molar-refractivity contribution in [2.75, 3.05) is 40.9 Å². The van der Waals surface area contributed by atoms with Crippen molar-refractivity contribution < 1.29 is 15.7 Å². The first-order valence-electron chi connectivity index (χ1n) is 11.3. The van der Waals surface area contributed by atoms with Gasteiger partial charge in [-0.2, -0.15) is 0 Å². The first kappa shape index (κ1) is 23.0. The molecule has 3 atom stereocenters. The van der Waals surface area contributed by atoms with Crippen LogP contribution in [-0.2, 0) is 15.9 Å². The number of ether oxygens (including phenoxy) is 2. The van der Waals surface area contributed by atoms with Crippen LogP contribution < -0.4 is 5.32 Å². The molecule has 2 aliphatic rings. The average molecular weight is 421 g/mol. The van der Waals surface area contributed by atoms with Crippen LogP contribution in [0.2, 0.25) is 0 Å². The zero-order chi connectivity index (χ0) is 21.6. The molecule has 2 fully saturated rings. The maximum Gasteiger partial charge on any atom is 0.317 e. The van der Waals surface area contributed by atoms with E-state index in [-0.39, 0.29) is 13.5 Å². The Morgan fingerprint density at radius 2 is 2.20 bits per heavy atom. The summed E-state index contributed by atoms with van der Waals surface area (Å²) in [6, 6.07) is 6.58. The van der Waals surface area contributed by atoms with Crippen LogP contribution in [0, 0.1) is 5.92 Å². The summed E-state index contributed by atoms with van der Waals surface area (Å²) in [6.45, 7) is 4.86. The van der Waals surface area contributed by atoms with Crippen molar-refractivity contribution in [1.82, 2.24) is 20.1 Å². The van der Waals surface area contributed by atoms with Crippen molar-refractivity contribution in [3.63, 3.8) is 0 Å². The topological polar surface area (TPSA) is 66.9 Å². The highest BCUT2D eigenvalue weighted by molar-refractivity contribution is 5.74. The molecule has 1 aromatic rings. The Morgan fingerprint density at radius 3 is 2.87 bits per heavy atom. The molecule has 30 heavy (non-hydrogen) atoms. The standard InChI is InChI=1S/C23H38N4O3.H2/c1-5-13-27-17-20(15-18-16-23(29-3,30-4)11-9-21(18)27)25-22(28)26(2)14-10-19-8-6-7-12-24-19;/h6-8,12,18,20-21H,5,9-11,13-17H2,1-4H3,(H,25,28);1H/t18-,20+,21-;/m1./s1. The third kappa shape index (κ3) is 5.50. The van der Waals surface area contributed by atoms with Crippen LogP contribution in [0.5, 0.6) is 0 Å². The maximum absolute atomic E-state index is 12.8. The number of nitrogens with zero attached hydrogens (tertiary/aromatic N) is 3. The average Bonchev–Trinajstić information content (AvgIpc) is 2.77. The van der Waals surface area contributed by atoms with Crippen molar-refractivity contribution in [3.8, 4) is 0 Å². The lowest BCUT2D eigenvalue weighted by Gasteiger charge is -2.51. The van der Waals surface area contributed by atoms with Gasteiger partial charge in [0.2, 0.25) is 0 Å². The minimum Gasteiger partial charge on any atom is -0.353 e. The van der Waals surface area contributed by atoms with Crippen LogP contribution in [0.4, 0.5) is 4.79 Å². The first-order valence-corrected chi connectivity index (χ1v) is 11.3. The maximum atomic E-state index is 12.8. The van der Waals surface area contributed by atoms with Crippen LogP contribution in [0.25, 0.3) is 0 Å². The first-order chi connectivity index (χ1) is 14.5. The van der Waals surface area contributed by atoms with Crippen molar-refractivity contribution >= 4 is 6.03 Å². The molecule has 0 bridgehead atoms. The normalized spacial score (nSPS) is 26.1. The smallest absolute Gasteiger partial charge is 0.317 e. The summed E-state index contributed by atoms with van der Waals surface area (Å²) >= 11 is 0. The van der Waals surface area contributed by atoms with Gasteiger partial charge in [0, 0.05) is 79.0 Å². The van der Waals surface area contributed by atoms with Crippen molar-refractivity contribution in [2.45, 2.75) is 63.3 Å². The lowest BCUT2D eigenvalue weighted by Crippen LogP contribution is -2.60. The summed E-state index contributed by atoms with van der Waals surface area (Å²) in [7, 11) is 5.34. The Bertz CT molecular complexity index is 674. The minimum absolute atomic E-state index is 0. The third-order valence-corrected chi connectivity index (χ3v) is 6.81. The van der Waals surface area contributed by atoms with Crippen molar-refractivity contribution in [1.29, 1.82) is 0 Å². The highest BCUT2D eigenvalue weighted by Crippen LogP contribution is 2.42. The SMILES string of the molecule is CCCN1C[C@@H](NC(=O)N(C)CCc2ccccn2)C[C@@H]2CC(OC)(OC)CC[C@H]21.[HH]. The number of nitrogens with one attached hydrogen (secondary N) is 1. The van der Waals surface area contributed by atoms with E-state index in [0.717, 1.165) is 57.3 Å². The highest BCUT2D eigenvalue weighted by Gasteiger charge is 2.46. The lowest BCUT2D eigenvalue weighted by atomic mass is 9.74. The van der Waals surface area contributed by atoms with Gasteiger partial charge in [-0.05, 0) is 43.9 Å². The highest BCUT2D eigenvalue weighted by atomic mass is 16.7.